The van der Waals surface area contributed by atoms with Gasteiger partial charge in [0.25, 0.3) is 0 Å². The van der Waals surface area contributed by atoms with Crippen LogP contribution in [0.15, 0.2) is 24.3 Å². The fourth-order valence-corrected chi connectivity index (χ4v) is 6.28. The molecule has 1 aromatic rings. The molecule has 0 aromatic heterocycles. The van der Waals surface area contributed by atoms with Crippen LogP contribution in [0.5, 0.6) is 0 Å². The SMILES string of the molecule is CC(C)(C)NC(=O)C(CCCCB1OC(C)(C)C(C)(C)O1)C1CCN(C2Cc3ccccc3C2)CC1. The highest BCUT2D eigenvalue weighted by atomic mass is 16.7. The Balaban J connectivity index is 1.29. The smallest absolute Gasteiger partial charge is 0.403 e. The van der Waals surface area contributed by atoms with E-state index in [0.717, 1.165) is 51.5 Å². The monoisotopic (exact) mass is 496 g/mol. The topological polar surface area (TPSA) is 50.8 Å². The van der Waals surface area contributed by atoms with Crippen molar-refractivity contribution in [1.82, 2.24) is 10.2 Å². The van der Waals surface area contributed by atoms with Gasteiger partial charge in [0.15, 0.2) is 0 Å². The average molecular weight is 497 g/mol. The van der Waals surface area contributed by atoms with Gasteiger partial charge in [-0.3, -0.25) is 9.69 Å². The zero-order valence-corrected chi connectivity index (χ0v) is 23.9. The van der Waals surface area contributed by atoms with Gasteiger partial charge in [-0.15, -0.1) is 0 Å². The van der Waals surface area contributed by atoms with Gasteiger partial charge in [0.05, 0.1) is 11.2 Å². The average Bonchev–Trinajstić information content (AvgIpc) is 3.30. The van der Waals surface area contributed by atoms with Crippen LogP contribution < -0.4 is 5.32 Å². The zero-order chi connectivity index (χ0) is 26.1. The first-order valence-corrected chi connectivity index (χ1v) is 14.3. The first kappa shape index (κ1) is 27.7. The predicted molar refractivity (Wildman–Crippen MR) is 148 cm³/mol. The Bertz CT molecular complexity index is 861. The molecule has 6 heteroatoms. The maximum atomic E-state index is 13.4. The van der Waals surface area contributed by atoms with Crippen LogP contribution in [0.4, 0.5) is 0 Å². The second-order valence-corrected chi connectivity index (χ2v) is 13.5. The molecule has 200 valence electrons. The van der Waals surface area contributed by atoms with Crippen molar-refractivity contribution in [3.8, 4) is 0 Å². The van der Waals surface area contributed by atoms with Crippen molar-refractivity contribution >= 4 is 13.0 Å². The molecule has 1 amide bonds. The summed E-state index contributed by atoms with van der Waals surface area (Å²) in [4.78, 5) is 16.1. The molecule has 3 aliphatic rings. The lowest BCUT2D eigenvalue weighted by Crippen LogP contribution is -2.48. The Morgan fingerprint density at radius 1 is 1.03 bits per heavy atom. The largest absolute Gasteiger partial charge is 0.457 e. The normalized spacial score (nSPS) is 23.6. The second kappa shape index (κ2) is 10.8. The van der Waals surface area contributed by atoms with Gasteiger partial charge in [-0.25, -0.2) is 0 Å². The quantitative estimate of drug-likeness (QED) is 0.373. The summed E-state index contributed by atoms with van der Waals surface area (Å²) >= 11 is 0. The van der Waals surface area contributed by atoms with E-state index in [1.165, 1.54) is 24.0 Å². The van der Waals surface area contributed by atoms with Crippen LogP contribution in [0.1, 0.15) is 91.7 Å². The highest BCUT2D eigenvalue weighted by Gasteiger charge is 2.50. The van der Waals surface area contributed by atoms with Crippen LogP contribution in [-0.4, -0.2) is 53.8 Å². The minimum absolute atomic E-state index is 0.0884. The van der Waals surface area contributed by atoms with Crippen molar-refractivity contribution < 1.29 is 14.1 Å². The number of rotatable bonds is 8. The molecule has 2 heterocycles. The van der Waals surface area contributed by atoms with Crippen molar-refractivity contribution in [2.24, 2.45) is 11.8 Å². The third-order valence-corrected chi connectivity index (χ3v) is 9.03. The summed E-state index contributed by atoms with van der Waals surface area (Å²) in [6.45, 7) is 16.9. The van der Waals surface area contributed by atoms with E-state index in [-0.39, 0.29) is 35.7 Å². The summed E-state index contributed by atoms with van der Waals surface area (Å²) < 4.78 is 12.4. The van der Waals surface area contributed by atoms with E-state index in [9.17, 15) is 4.79 Å². The molecule has 2 aliphatic heterocycles. The Kier molecular flexibility index (Phi) is 8.29. The molecule has 1 aliphatic carbocycles. The lowest BCUT2D eigenvalue weighted by Gasteiger charge is -2.39. The third kappa shape index (κ3) is 6.55. The van der Waals surface area contributed by atoms with Gasteiger partial charge in [0, 0.05) is 17.5 Å². The van der Waals surface area contributed by atoms with E-state index in [0.29, 0.717) is 12.0 Å². The van der Waals surface area contributed by atoms with Gasteiger partial charge < -0.3 is 14.6 Å². The van der Waals surface area contributed by atoms with E-state index < -0.39 is 0 Å². The van der Waals surface area contributed by atoms with Crippen LogP contribution in [0, 0.1) is 11.8 Å². The number of fused-ring (bicyclic) bond motifs is 1. The molecule has 5 nitrogen and oxygen atoms in total. The van der Waals surface area contributed by atoms with E-state index in [4.69, 9.17) is 9.31 Å². The summed E-state index contributed by atoms with van der Waals surface area (Å²) in [6.07, 6.45) is 8.47. The van der Waals surface area contributed by atoms with Gasteiger partial charge in [-0.2, -0.15) is 0 Å². The van der Waals surface area contributed by atoms with E-state index in [1.54, 1.807) is 0 Å². The summed E-state index contributed by atoms with van der Waals surface area (Å²) in [6, 6.07) is 9.54. The summed E-state index contributed by atoms with van der Waals surface area (Å²) in [5.41, 5.74) is 2.29. The van der Waals surface area contributed by atoms with Gasteiger partial charge >= 0.3 is 7.12 Å². The minimum Gasteiger partial charge on any atom is -0.403 e. The van der Waals surface area contributed by atoms with Gasteiger partial charge in [0.1, 0.15) is 0 Å². The molecule has 1 N–H and O–H groups in total. The molecule has 0 radical (unpaired) electrons. The fraction of sp³-hybridized carbons (Fsp3) is 0.767. The molecule has 1 aromatic carbocycles. The van der Waals surface area contributed by atoms with Gasteiger partial charge in [0.2, 0.25) is 5.91 Å². The number of hydrogen-bond acceptors (Lipinski definition) is 4. The maximum absolute atomic E-state index is 13.4. The number of hydrogen-bond donors (Lipinski definition) is 1. The standard InChI is InChI=1S/C30H49BN2O3/c1-28(2,3)32-27(34)26(14-10-11-17-31-35-29(4,5)30(6,7)36-31)22-15-18-33(19-16-22)25-20-23-12-8-9-13-24(23)21-25/h8-9,12-13,22,25-26H,10-11,14-21H2,1-7H3,(H,32,34). The molecule has 0 spiro atoms. The Morgan fingerprint density at radius 2 is 1.58 bits per heavy atom. The molecular formula is C30H49BN2O3. The molecule has 2 fully saturated rings. The molecule has 1 atom stereocenters. The third-order valence-electron chi connectivity index (χ3n) is 9.03. The number of carbonyl (C=O) groups excluding carboxylic acids is 1. The van der Waals surface area contributed by atoms with E-state index >= 15 is 0 Å². The molecule has 4 rings (SSSR count). The number of nitrogens with one attached hydrogen (secondary N) is 1. The Morgan fingerprint density at radius 3 is 2.11 bits per heavy atom. The zero-order valence-electron chi connectivity index (χ0n) is 23.9. The molecule has 2 saturated heterocycles. The number of carbonyl (C=O) groups is 1. The number of amides is 1. The maximum Gasteiger partial charge on any atom is 0.457 e. The first-order chi connectivity index (χ1) is 16.8. The first-order valence-electron chi connectivity index (χ1n) is 14.3. The minimum atomic E-state index is -0.276. The number of nitrogens with zero attached hydrogens (tertiary/aromatic N) is 1. The highest BCUT2D eigenvalue weighted by molar-refractivity contribution is 6.45. The number of unbranched alkanes of at least 4 members (excludes halogenated alkanes) is 1. The summed E-state index contributed by atoms with van der Waals surface area (Å²) in [7, 11) is -0.143. The van der Waals surface area contributed by atoms with Crippen LogP contribution in [-0.2, 0) is 26.9 Å². The number of piperidine rings is 1. The van der Waals surface area contributed by atoms with Crippen LogP contribution >= 0.6 is 0 Å². The number of benzene rings is 1. The van der Waals surface area contributed by atoms with Crippen LogP contribution in [0.2, 0.25) is 6.32 Å². The van der Waals surface area contributed by atoms with Crippen molar-refractivity contribution in [2.45, 2.75) is 123 Å². The van der Waals surface area contributed by atoms with Crippen molar-refractivity contribution in [3.63, 3.8) is 0 Å². The van der Waals surface area contributed by atoms with E-state index in [1.807, 2.05) is 0 Å². The molecular weight excluding hydrogens is 447 g/mol. The lowest BCUT2D eigenvalue weighted by molar-refractivity contribution is -0.129. The predicted octanol–water partition coefficient (Wildman–Crippen LogP) is 5.66. The lowest BCUT2D eigenvalue weighted by atomic mass is 9.77. The van der Waals surface area contributed by atoms with Gasteiger partial charge in [-0.1, -0.05) is 37.1 Å². The second-order valence-electron chi connectivity index (χ2n) is 13.5. The Labute approximate surface area is 220 Å². The molecule has 36 heavy (non-hydrogen) atoms. The highest BCUT2D eigenvalue weighted by Crippen LogP contribution is 2.39. The van der Waals surface area contributed by atoms with Crippen molar-refractivity contribution in [2.75, 3.05) is 13.1 Å². The van der Waals surface area contributed by atoms with Crippen LogP contribution in [0.25, 0.3) is 0 Å². The molecule has 0 bridgehead atoms. The van der Waals surface area contributed by atoms with Crippen molar-refractivity contribution in [3.05, 3.63) is 35.4 Å². The summed E-state index contributed by atoms with van der Waals surface area (Å²) in [5.74, 6) is 0.791. The van der Waals surface area contributed by atoms with Crippen LogP contribution in [0.3, 0.4) is 0 Å². The Hall–Kier alpha value is -1.37. The fourth-order valence-electron chi connectivity index (χ4n) is 6.28. The molecule has 1 unspecified atom stereocenters. The number of likely N-dealkylation sites (tertiary alicyclic amines) is 1. The summed E-state index contributed by atoms with van der Waals surface area (Å²) in [5, 5.41) is 3.30. The van der Waals surface area contributed by atoms with Gasteiger partial charge in [-0.05, 0) is 117 Å². The van der Waals surface area contributed by atoms with Crippen molar-refractivity contribution in [1.29, 1.82) is 0 Å². The molecule has 0 saturated carbocycles. The van der Waals surface area contributed by atoms with E-state index in [2.05, 4.69) is 82.9 Å².